The van der Waals surface area contributed by atoms with Crippen LogP contribution < -0.4 is 34.5 Å². The predicted molar refractivity (Wildman–Crippen MR) is 169 cm³/mol. The maximum Gasteiger partial charge on any atom is 0.201 e. The summed E-state index contributed by atoms with van der Waals surface area (Å²) >= 11 is 0. The van der Waals surface area contributed by atoms with E-state index in [2.05, 4.69) is 0 Å². The average Bonchev–Trinajstić information content (AvgIpc) is 3.07. The van der Waals surface area contributed by atoms with Crippen molar-refractivity contribution >= 4 is 21.9 Å². The zero-order valence-electron chi connectivity index (χ0n) is 25.2. The summed E-state index contributed by atoms with van der Waals surface area (Å²) < 4.78 is 39.1. The van der Waals surface area contributed by atoms with Gasteiger partial charge in [0.1, 0.15) is 33.5 Å². The fourth-order valence-corrected chi connectivity index (χ4v) is 5.06. The Kier molecular flexibility index (Phi) is 7.65. The summed E-state index contributed by atoms with van der Waals surface area (Å²) in [7, 11) is 5.46. The zero-order valence-corrected chi connectivity index (χ0v) is 25.2. The van der Waals surface area contributed by atoms with E-state index in [0.717, 1.165) is 0 Å². The normalized spacial score (nSPS) is 11.1. The first kappa shape index (κ1) is 30.5. The molecule has 4 N–H and O–H groups in total. The lowest BCUT2D eigenvalue weighted by molar-refractivity contribution is 0.352. The molecule has 13 nitrogen and oxygen atoms in total. The van der Waals surface area contributed by atoms with Gasteiger partial charge in [0.2, 0.25) is 11.5 Å². The van der Waals surface area contributed by atoms with E-state index >= 15 is 0 Å². The number of benzene rings is 4. The Morgan fingerprint density at radius 2 is 0.851 bits per heavy atom. The van der Waals surface area contributed by atoms with Gasteiger partial charge >= 0.3 is 0 Å². The van der Waals surface area contributed by atoms with Crippen molar-refractivity contribution in [2.24, 2.45) is 0 Å². The molecule has 0 fully saturated rings. The number of fused-ring (bicyclic) bond motifs is 2. The van der Waals surface area contributed by atoms with Crippen LogP contribution in [-0.4, -0.2) is 48.9 Å². The molecule has 13 heteroatoms. The van der Waals surface area contributed by atoms with Crippen LogP contribution in [0.3, 0.4) is 0 Å². The fraction of sp³-hybridized carbons (Fsp3) is 0.118. The number of phenolic OH excluding ortho intramolecular Hbond substituents is 4. The lowest BCUT2D eigenvalue weighted by Crippen LogP contribution is -2.02. The minimum absolute atomic E-state index is 0.0000958. The number of ether oxygens (including phenoxy) is 5. The van der Waals surface area contributed by atoms with Gasteiger partial charge in [0.25, 0.3) is 0 Å². The number of rotatable bonds is 8. The smallest absolute Gasteiger partial charge is 0.201 e. The van der Waals surface area contributed by atoms with Crippen LogP contribution in [0.2, 0.25) is 0 Å². The van der Waals surface area contributed by atoms with Crippen molar-refractivity contribution in [1.29, 1.82) is 0 Å². The summed E-state index contributed by atoms with van der Waals surface area (Å²) in [4.78, 5) is 25.7. The number of hydrogen-bond acceptors (Lipinski definition) is 13. The van der Waals surface area contributed by atoms with Gasteiger partial charge in [-0.1, -0.05) is 0 Å². The van der Waals surface area contributed by atoms with Gasteiger partial charge in [-0.3, -0.25) is 9.59 Å². The van der Waals surface area contributed by atoms with Gasteiger partial charge in [0, 0.05) is 35.4 Å². The molecule has 4 aromatic carbocycles. The first-order valence-electron chi connectivity index (χ1n) is 13.8. The minimum Gasteiger partial charge on any atom is -0.504 e. The summed E-state index contributed by atoms with van der Waals surface area (Å²) in [6.45, 7) is 0. The highest BCUT2D eigenvalue weighted by molar-refractivity contribution is 5.90. The van der Waals surface area contributed by atoms with Gasteiger partial charge in [-0.15, -0.1) is 0 Å². The van der Waals surface area contributed by atoms with E-state index in [4.69, 9.17) is 32.5 Å². The molecule has 6 aromatic rings. The number of methoxy groups -OCH3 is 4. The highest BCUT2D eigenvalue weighted by Crippen LogP contribution is 2.44. The summed E-state index contributed by atoms with van der Waals surface area (Å²) in [6, 6.07) is 14.6. The van der Waals surface area contributed by atoms with Crippen LogP contribution in [0.15, 0.2) is 79.1 Å². The van der Waals surface area contributed by atoms with E-state index < -0.39 is 33.9 Å². The third-order valence-electron chi connectivity index (χ3n) is 7.42. The fourth-order valence-electron chi connectivity index (χ4n) is 5.06. The molecule has 6 rings (SSSR count). The lowest BCUT2D eigenvalue weighted by Gasteiger charge is -2.15. The van der Waals surface area contributed by atoms with Gasteiger partial charge in [0.15, 0.2) is 56.9 Å². The minimum atomic E-state index is -0.650. The van der Waals surface area contributed by atoms with Gasteiger partial charge in [-0.2, -0.15) is 0 Å². The Morgan fingerprint density at radius 1 is 0.468 bits per heavy atom. The van der Waals surface area contributed by atoms with E-state index in [1.165, 1.54) is 52.7 Å². The van der Waals surface area contributed by atoms with Crippen LogP contribution in [-0.2, 0) is 0 Å². The quantitative estimate of drug-likeness (QED) is 0.144. The standard InChI is InChI=1S/C34H26O13/c1-41-23-9-15(21-11-17(35)29-25(46-21)13-27(43-3)31(37)33(29)39)5-7-19(23)45-20-8-6-16(10-24(20)42-2)22-12-18(36)30-26(47-22)14-28(44-4)32(38)34(30)40/h5-14,37-40H,1-4H3. The largest absolute Gasteiger partial charge is 0.504 e. The zero-order chi connectivity index (χ0) is 33.6. The molecule has 0 atom stereocenters. The summed E-state index contributed by atoms with van der Waals surface area (Å²) in [6.07, 6.45) is 0. The van der Waals surface area contributed by atoms with E-state index in [-0.39, 0.29) is 68.0 Å². The van der Waals surface area contributed by atoms with Gasteiger partial charge < -0.3 is 52.9 Å². The molecule has 0 unspecified atom stereocenters. The Bertz CT molecular complexity index is 2160. The van der Waals surface area contributed by atoms with Gasteiger partial charge in [-0.05, 0) is 36.4 Å². The van der Waals surface area contributed by atoms with Crippen LogP contribution in [0.1, 0.15) is 0 Å². The second kappa shape index (κ2) is 11.8. The topological polar surface area (TPSA) is 187 Å². The highest BCUT2D eigenvalue weighted by atomic mass is 16.5. The number of phenols is 4. The summed E-state index contributed by atoms with van der Waals surface area (Å²) in [5.74, 6) is -1.15. The lowest BCUT2D eigenvalue weighted by atomic mass is 10.1. The van der Waals surface area contributed by atoms with Crippen LogP contribution in [0.4, 0.5) is 0 Å². The Hall–Kier alpha value is -6.50. The molecule has 0 saturated carbocycles. The third kappa shape index (κ3) is 5.19. The first-order chi connectivity index (χ1) is 22.6. The molecule has 0 amide bonds. The maximum atomic E-state index is 12.9. The molecule has 0 aliphatic rings. The molecule has 0 saturated heterocycles. The molecule has 47 heavy (non-hydrogen) atoms. The SMILES string of the molecule is COc1cc(-c2cc(=O)c3c(O)c(O)c(OC)cc3o2)ccc1Oc1ccc(-c2cc(=O)c3c(O)c(O)c(OC)cc3o2)cc1OC. The first-order valence-corrected chi connectivity index (χ1v) is 13.8. The Morgan fingerprint density at radius 3 is 1.21 bits per heavy atom. The van der Waals surface area contributed by atoms with Crippen LogP contribution in [0.25, 0.3) is 44.6 Å². The van der Waals surface area contributed by atoms with Crippen LogP contribution in [0, 0.1) is 0 Å². The van der Waals surface area contributed by atoms with E-state index in [1.54, 1.807) is 36.4 Å². The van der Waals surface area contributed by atoms with Crippen molar-refractivity contribution in [3.05, 3.63) is 81.1 Å². The van der Waals surface area contributed by atoms with Crippen molar-refractivity contribution in [3.8, 4) is 80.1 Å². The monoisotopic (exact) mass is 642 g/mol. The van der Waals surface area contributed by atoms with Crippen molar-refractivity contribution in [2.45, 2.75) is 0 Å². The van der Waals surface area contributed by atoms with Crippen molar-refractivity contribution in [1.82, 2.24) is 0 Å². The van der Waals surface area contributed by atoms with E-state index in [0.29, 0.717) is 11.1 Å². The summed E-state index contributed by atoms with van der Waals surface area (Å²) in [5, 5.41) is 40.4. The van der Waals surface area contributed by atoms with Crippen LogP contribution in [0.5, 0.6) is 57.5 Å². The van der Waals surface area contributed by atoms with E-state index in [9.17, 15) is 30.0 Å². The molecule has 0 radical (unpaired) electrons. The molecule has 0 aliphatic heterocycles. The van der Waals surface area contributed by atoms with Crippen molar-refractivity contribution in [3.63, 3.8) is 0 Å². The second-order valence-electron chi connectivity index (χ2n) is 10.1. The molecule has 0 spiro atoms. The molecule has 240 valence electrons. The number of aromatic hydroxyl groups is 4. The van der Waals surface area contributed by atoms with E-state index in [1.807, 2.05) is 0 Å². The van der Waals surface area contributed by atoms with Crippen LogP contribution >= 0.6 is 0 Å². The molecule has 2 heterocycles. The van der Waals surface area contributed by atoms with Crippen molar-refractivity contribution in [2.75, 3.05) is 28.4 Å². The molecule has 2 aromatic heterocycles. The average molecular weight is 643 g/mol. The Labute approximate surface area is 264 Å². The predicted octanol–water partition coefficient (Wildman–Crippen LogP) is 5.88. The molecule has 0 aliphatic carbocycles. The third-order valence-corrected chi connectivity index (χ3v) is 7.42. The molecular weight excluding hydrogens is 616 g/mol. The van der Waals surface area contributed by atoms with Gasteiger partial charge in [-0.25, -0.2) is 0 Å². The van der Waals surface area contributed by atoms with Gasteiger partial charge in [0.05, 0.1) is 28.4 Å². The Balaban J connectivity index is 1.35. The molecule has 0 bridgehead atoms. The molecular formula is C34H26O13. The maximum absolute atomic E-state index is 12.9. The number of hydrogen-bond donors (Lipinski definition) is 4. The van der Waals surface area contributed by atoms with Crippen molar-refractivity contribution < 1.29 is 52.9 Å². The summed E-state index contributed by atoms with van der Waals surface area (Å²) in [5.41, 5.74) is -0.275. The second-order valence-corrected chi connectivity index (χ2v) is 10.1. The highest BCUT2D eigenvalue weighted by Gasteiger charge is 2.21.